The van der Waals surface area contributed by atoms with Gasteiger partial charge in [-0.25, -0.2) is 14.8 Å². The summed E-state index contributed by atoms with van der Waals surface area (Å²) in [5, 5.41) is 8.56. The largest absolute Gasteiger partial charge is 0.368 e. The Labute approximate surface area is 95.9 Å². The number of carbonyl (C=O) groups excluding carboxylic acids is 1. The fourth-order valence-corrected chi connectivity index (χ4v) is 2.03. The summed E-state index contributed by atoms with van der Waals surface area (Å²) in [5.74, 6) is 0.775. The first-order chi connectivity index (χ1) is 7.77. The number of hydrogen-bond acceptors (Lipinski definition) is 5. The minimum Gasteiger partial charge on any atom is -0.368 e. The normalized spacial score (nSPS) is 10.2. The van der Waals surface area contributed by atoms with Gasteiger partial charge in [0.2, 0.25) is 0 Å². The molecule has 0 aliphatic heterocycles. The highest BCUT2D eigenvalue weighted by atomic mass is 32.1. The van der Waals surface area contributed by atoms with Crippen molar-refractivity contribution in [2.45, 2.75) is 0 Å². The number of amides is 2. The molecule has 16 heavy (non-hydrogen) atoms. The maximum atomic E-state index is 10.4. The lowest BCUT2D eigenvalue weighted by Gasteiger charge is -2.06. The topological polar surface area (TPSA) is 92.9 Å². The van der Waals surface area contributed by atoms with Crippen LogP contribution in [0.5, 0.6) is 0 Å². The predicted molar refractivity (Wildman–Crippen MR) is 63.5 cm³/mol. The molecular formula is C9H11N5OS. The van der Waals surface area contributed by atoms with Crippen LogP contribution >= 0.6 is 11.3 Å². The first-order valence-corrected chi connectivity index (χ1v) is 5.61. The second kappa shape index (κ2) is 4.75. The van der Waals surface area contributed by atoms with Gasteiger partial charge in [0.25, 0.3) is 0 Å². The monoisotopic (exact) mass is 237 g/mol. The van der Waals surface area contributed by atoms with Crippen molar-refractivity contribution >= 4 is 33.4 Å². The number of hydrogen-bond donors (Lipinski definition) is 3. The van der Waals surface area contributed by atoms with Crippen LogP contribution < -0.4 is 16.4 Å². The van der Waals surface area contributed by atoms with Crippen LogP contribution in [0.3, 0.4) is 0 Å². The van der Waals surface area contributed by atoms with Crippen LogP contribution in [0.15, 0.2) is 17.8 Å². The second-order valence-corrected chi connectivity index (χ2v) is 3.97. The smallest absolute Gasteiger partial charge is 0.312 e. The van der Waals surface area contributed by atoms with E-state index >= 15 is 0 Å². The van der Waals surface area contributed by atoms with Gasteiger partial charge in [-0.1, -0.05) is 0 Å². The Bertz CT molecular complexity index is 497. The highest BCUT2D eigenvalue weighted by molar-refractivity contribution is 7.16. The minimum atomic E-state index is -0.523. The number of nitrogens with two attached hydrogens (primary N) is 1. The molecule has 0 saturated heterocycles. The van der Waals surface area contributed by atoms with Crippen molar-refractivity contribution in [3.05, 3.63) is 17.8 Å². The number of thiophene rings is 1. The highest BCUT2D eigenvalue weighted by Crippen LogP contribution is 2.23. The maximum Gasteiger partial charge on any atom is 0.312 e. The van der Waals surface area contributed by atoms with Crippen LogP contribution in [0.2, 0.25) is 0 Å². The third kappa shape index (κ3) is 2.37. The average Bonchev–Trinajstić information content (AvgIpc) is 2.72. The molecule has 0 saturated carbocycles. The Kier molecular flexibility index (Phi) is 3.16. The van der Waals surface area contributed by atoms with Crippen molar-refractivity contribution in [2.24, 2.45) is 5.73 Å². The standard InChI is InChI=1S/C9H11N5OS/c10-9(15)12-3-2-11-7-6-1-4-16-8(6)14-5-13-7/h1,4-5H,2-3H2,(H3,10,12,15)(H,11,13,14). The van der Waals surface area contributed by atoms with Crippen molar-refractivity contribution in [3.63, 3.8) is 0 Å². The van der Waals surface area contributed by atoms with Gasteiger partial charge in [-0.3, -0.25) is 0 Å². The molecule has 2 amide bonds. The number of urea groups is 1. The Hall–Kier alpha value is -1.89. The zero-order valence-electron chi connectivity index (χ0n) is 8.43. The molecule has 0 fully saturated rings. The molecule has 0 spiro atoms. The van der Waals surface area contributed by atoms with Crippen molar-refractivity contribution in [1.29, 1.82) is 0 Å². The summed E-state index contributed by atoms with van der Waals surface area (Å²) in [6, 6.07) is 1.44. The summed E-state index contributed by atoms with van der Waals surface area (Å²) >= 11 is 1.56. The molecule has 84 valence electrons. The van der Waals surface area contributed by atoms with Gasteiger partial charge in [-0.15, -0.1) is 11.3 Å². The second-order valence-electron chi connectivity index (χ2n) is 3.08. The molecule has 6 nitrogen and oxygen atoms in total. The molecule has 4 N–H and O–H groups in total. The molecule has 7 heteroatoms. The summed E-state index contributed by atoms with van der Waals surface area (Å²) in [4.78, 5) is 19.7. The molecule has 2 aromatic heterocycles. The van der Waals surface area contributed by atoms with E-state index < -0.39 is 6.03 Å². The summed E-state index contributed by atoms with van der Waals surface area (Å²) in [6.07, 6.45) is 1.52. The van der Waals surface area contributed by atoms with Crippen LogP contribution in [0.1, 0.15) is 0 Å². The van der Waals surface area contributed by atoms with Gasteiger partial charge in [-0.2, -0.15) is 0 Å². The average molecular weight is 237 g/mol. The predicted octanol–water partition coefficient (Wildman–Crippen LogP) is 0.771. The fraction of sp³-hybridized carbons (Fsp3) is 0.222. The van der Waals surface area contributed by atoms with Gasteiger partial charge >= 0.3 is 6.03 Å². The van der Waals surface area contributed by atoms with E-state index in [1.54, 1.807) is 11.3 Å². The number of fused-ring (bicyclic) bond motifs is 1. The SMILES string of the molecule is NC(=O)NCCNc1ncnc2sccc12. The highest BCUT2D eigenvalue weighted by Gasteiger charge is 2.03. The summed E-state index contributed by atoms with van der Waals surface area (Å²) < 4.78 is 0. The van der Waals surface area contributed by atoms with Crippen molar-refractivity contribution < 1.29 is 4.79 Å². The third-order valence-corrected chi connectivity index (χ3v) is 2.80. The molecule has 0 aliphatic rings. The first kappa shape index (κ1) is 10.6. The quantitative estimate of drug-likeness (QED) is 0.685. The Morgan fingerprint density at radius 2 is 2.31 bits per heavy atom. The van der Waals surface area contributed by atoms with E-state index in [9.17, 15) is 4.79 Å². The lowest BCUT2D eigenvalue weighted by atomic mass is 10.4. The van der Waals surface area contributed by atoms with E-state index in [1.165, 1.54) is 6.33 Å². The maximum absolute atomic E-state index is 10.4. The Balaban J connectivity index is 1.98. The fourth-order valence-electron chi connectivity index (χ4n) is 1.30. The van der Waals surface area contributed by atoms with Crippen molar-refractivity contribution in [1.82, 2.24) is 15.3 Å². The lowest BCUT2D eigenvalue weighted by molar-refractivity contribution is 0.249. The molecule has 2 heterocycles. The van der Waals surface area contributed by atoms with E-state index in [2.05, 4.69) is 20.6 Å². The number of rotatable bonds is 4. The van der Waals surface area contributed by atoms with Crippen LogP contribution in [0.4, 0.5) is 10.6 Å². The summed E-state index contributed by atoms with van der Waals surface area (Å²) in [7, 11) is 0. The molecule has 0 radical (unpaired) electrons. The Morgan fingerprint density at radius 3 is 3.12 bits per heavy atom. The number of nitrogens with zero attached hydrogens (tertiary/aromatic N) is 2. The van der Waals surface area contributed by atoms with Gasteiger partial charge in [0.1, 0.15) is 17.0 Å². The van der Waals surface area contributed by atoms with Gasteiger partial charge in [0.05, 0.1) is 5.39 Å². The van der Waals surface area contributed by atoms with Crippen molar-refractivity contribution in [2.75, 3.05) is 18.4 Å². The first-order valence-electron chi connectivity index (χ1n) is 4.73. The summed E-state index contributed by atoms with van der Waals surface area (Å²) in [6.45, 7) is 1.04. The van der Waals surface area contributed by atoms with Gasteiger partial charge in [0, 0.05) is 13.1 Å². The van der Waals surface area contributed by atoms with Crippen LogP contribution in [-0.2, 0) is 0 Å². The molecule has 0 aromatic carbocycles. The molecular weight excluding hydrogens is 226 g/mol. The molecule has 2 aromatic rings. The zero-order valence-corrected chi connectivity index (χ0v) is 9.25. The molecule has 0 atom stereocenters. The van der Waals surface area contributed by atoms with E-state index in [-0.39, 0.29) is 0 Å². The van der Waals surface area contributed by atoms with E-state index in [0.29, 0.717) is 13.1 Å². The lowest BCUT2D eigenvalue weighted by Crippen LogP contribution is -2.33. The van der Waals surface area contributed by atoms with Crippen LogP contribution in [0.25, 0.3) is 10.2 Å². The molecule has 0 bridgehead atoms. The van der Waals surface area contributed by atoms with Crippen LogP contribution in [-0.4, -0.2) is 29.1 Å². The number of primary amides is 1. The van der Waals surface area contributed by atoms with E-state index in [0.717, 1.165) is 16.0 Å². The minimum absolute atomic E-state index is 0.463. The number of carbonyl (C=O) groups is 1. The Morgan fingerprint density at radius 1 is 1.44 bits per heavy atom. The number of aromatic nitrogens is 2. The molecule has 0 unspecified atom stereocenters. The number of nitrogens with one attached hydrogen (secondary N) is 2. The van der Waals surface area contributed by atoms with Gasteiger partial charge in [-0.05, 0) is 11.4 Å². The van der Waals surface area contributed by atoms with Gasteiger partial charge in [0.15, 0.2) is 0 Å². The van der Waals surface area contributed by atoms with E-state index in [1.807, 2.05) is 11.4 Å². The van der Waals surface area contributed by atoms with Crippen molar-refractivity contribution in [3.8, 4) is 0 Å². The molecule has 0 aliphatic carbocycles. The van der Waals surface area contributed by atoms with Gasteiger partial charge < -0.3 is 16.4 Å². The number of anilines is 1. The van der Waals surface area contributed by atoms with E-state index in [4.69, 9.17) is 5.73 Å². The molecule has 2 rings (SSSR count). The summed E-state index contributed by atoms with van der Waals surface area (Å²) in [5.41, 5.74) is 4.94. The van der Waals surface area contributed by atoms with Crippen LogP contribution in [0, 0.1) is 0 Å². The third-order valence-electron chi connectivity index (χ3n) is 1.98. The zero-order chi connectivity index (χ0) is 11.4.